The number of carboxylic acids is 1. The van der Waals surface area contributed by atoms with E-state index in [4.69, 9.17) is 20.8 Å². The van der Waals surface area contributed by atoms with E-state index >= 15 is 0 Å². The Bertz CT molecular complexity index is 1280. The standard InChI is InChI=1S/C24H19ClN2O5S/c1-3-27-22(28)21(33-24(27)26-15-5-7-16(31-2)8-6-15)13-17-9-11-20(32-17)18-12-14(23(29)30)4-10-19(18)25/h4-13H,3H2,1-2H3,(H,29,30)/b21-13+,26-24?. The maximum absolute atomic E-state index is 12.9. The Balaban J connectivity index is 1.61. The van der Waals surface area contributed by atoms with Crippen LogP contribution in [0.15, 0.2) is 68.9 Å². The molecule has 168 valence electrons. The molecule has 2 aromatic carbocycles. The molecule has 0 atom stereocenters. The number of rotatable bonds is 6. The molecular formula is C24H19ClN2O5S. The van der Waals surface area contributed by atoms with Gasteiger partial charge in [-0.25, -0.2) is 9.79 Å². The van der Waals surface area contributed by atoms with Crippen LogP contribution in [-0.4, -0.2) is 40.7 Å². The molecule has 1 aliphatic heterocycles. The highest BCUT2D eigenvalue weighted by atomic mass is 35.5. The van der Waals surface area contributed by atoms with Crippen molar-refractivity contribution >= 4 is 52.2 Å². The summed E-state index contributed by atoms with van der Waals surface area (Å²) in [7, 11) is 1.60. The maximum atomic E-state index is 12.9. The molecule has 1 N–H and O–H groups in total. The van der Waals surface area contributed by atoms with Crippen LogP contribution in [0.2, 0.25) is 5.02 Å². The molecule has 0 saturated carbocycles. The molecule has 7 nitrogen and oxygen atoms in total. The summed E-state index contributed by atoms with van der Waals surface area (Å²) in [5, 5.41) is 10.2. The smallest absolute Gasteiger partial charge is 0.335 e. The van der Waals surface area contributed by atoms with E-state index in [9.17, 15) is 14.7 Å². The normalized spacial score (nSPS) is 16.1. The van der Waals surface area contributed by atoms with E-state index < -0.39 is 5.97 Å². The van der Waals surface area contributed by atoms with Crippen LogP contribution >= 0.6 is 23.4 Å². The summed E-state index contributed by atoms with van der Waals surface area (Å²) in [6.07, 6.45) is 1.64. The molecule has 33 heavy (non-hydrogen) atoms. The van der Waals surface area contributed by atoms with Gasteiger partial charge in [0, 0.05) is 18.2 Å². The largest absolute Gasteiger partial charge is 0.497 e. The molecule has 0 bridgehead atoms. The predicted octanol–water partition coefficient (Wildman–Crippen LogP) is 5.93. The lowest BCUT2D eigenvalue weighted by Gasteiger charge is -2.12. The number of carbonyl (C=O) groups is 2. The highest BCUT2D eigenvalue weighted by molar-refractivity contribution is 8.18. The Hall–Kier alpha value is -3.49. The minimum Gasteiger partial charge on any atom is -0.497 e. The third-order valence-corrected chi connectivity index (χ3v) is 6.22. The lowest BCUT2D eigenvalue weighted by molar-refractivity contribution is -0.122. The molecule has 0 unspecified atom stereocenters. The third-order valence-electron chi connectivity index (χ3n) is 4.88. The lowest BCUT2D eigenvalue weighted by Crippen LogP contribution is -2.28. The first-order valence-corrected chi connectivity index (χ1v) is 11.2. The summed E-state index contributed by atoms with van der Waals surface area (Å²) in [4.78, 5) is 30.8. The van der Waals surface area contributed by atoms with Gasteiger partial charge in [-0.05, 0) is 73.3 Å². The SMILES string of the molecule is CCN1C(=O)/C(=C\c2ccc(-c3cc(C(=O)O)ccc3Cl)o2)SC1=Nc1ccc(OC)cc1. The van der Waals surface area contributed by atoms with Gasteiger partial charge in [-0.15, -0.1) is 0 Å². The number of furan rings is 1. The monoisotopic (exact) mass is 482 g/mol. The number of hydrogen-bond donors (Lipinski definition) is 1. The van der Waals surface area contributed by atoms with Crippen molar-refractivity contribution in [3.63, 3.8) is 0 Å². The molecule has 0 radical (unpaired) electrons. The summed E-state index contributed by atoms with van der Waals surface area (Å²) >= 11 is 7.49. The molecule has 9 heteroatoms. The zero-order valence-corrected chi connectivity index (χ0v) is 19.3. The first-order chi connectivity index (χ1) is 15.9. The van der Waals surface area contributed by atoms with Crippen molar-refractivity contribution in [1.29, 1.82) is 0 Å². The second-order valence-corrected chi connectivity index (χ2v) is 8.37. The summed E-state index contributed by atoms with van der Waals surface area (Å²) < 4.78 is 11.0. The predicted molar refractivity (Wildman–Crippen MR) is 129 cm³/mol. The lowest BCUT2D eigenvalue weighted by atomic mass is 10.1. The van der Waals surface area contributed by atoms with Crippen LogP contribution in [0.1, 0.15) is 23.0 Å². The van der Waals surface area contributed by atoms with E-state index in [2.05, 4.69) is 4.99 Å². The number of carboxylic acid groups (broad SMARTS) is 1. The van der Waals surface area contributed by atoms with Gasteiger partial charge in [-0.2, -0.15) is 0 Å². The van der Waals surface area contributed by atoms with Crippen molar-refractivity contribution in [1.82, 2.24) is 4.90 Å². The summed E-state index contributed by atoms with van der Waals surface area (Å²) in [6, 6.07) is 15.0. The van der Waals surface area contributed by atoms with Crippen LogP contribution in [0.3, 0.4) is 0 Å². The van der Waals surface area contributed by atoms with Crippen molar-refractivity contribution in [3.8, 4) is 17.1 Å². The van der Waals surface area contributed by atoms with Crippen LogP contribution in [0.5, 0.6) is 5.75 Å². The number of halogens is 1. The minimum absolute atomic E-state index is 0.102. The van der Waals surface area contributed by atoms with E-state index in [-0.39, 0.29) is 11.5 Å². The average Bonchev–Trinajstić information content (AvgIpc) is 3.39. The molecule has 1 aliphatic rings. The van der Waals surface area contributed by atoms with Crippen molar-refractivity contribution in [3.05, 3.63) is 75.8 Å². The Morgan fingerprint density at radius 3 is 2.64 bits per heavy atom. The fourth-order valence-electron chi connectivity index (χ4n) is 3.19. The molecule has 3 aromatic rings. The highest BCUT2D eigenvalue weighted by Crippen LogP contribution is 2.36. The van der Waals surface area contributed by atoms with Gasteiger partial charge in [-0.3, -0.25) is 9.69 Å². The number of thioether (sulfide) groups is 1. The van der Waals surface area contributed by atoms with E-state index in [1.165, 1.54) is 30.0 Å². The second-order valence-electron chi connectivity index (χ2n) is 6.95. The van der Waals surface area contributed by atoms with E-state index in [0.29, 0.717) is 44.4 Å². The van der Waals surface area contributed by atoms with Gasteiger partial charge in [0.05, 0.1) is 28.3 Å². The topological polar surface area (TPSA) is 92.3 Å². The molecule has 1 aromatic heterocycles. The van der Waals surface area contributed by atoms with E-state index in [1.807, 2.05) is 31.2 Å². The van der Waals surface area contributed by atoms with Crippen molar-refractivity contribution in [2.75, 3.05) is 13.7 Å². The number of amides is 1. The summed E-state index contributed by atoms with van der Waals surface area (Å²) in [6.45, 7) is 2.35. The number of likely N-dealkylation sites (N-methyl/N-ethyl adjacent to an activating group) is 1. The second kappa shape index (κ2) is 9.56. The molecular weight excluding hydrogens is 464 g/mol. The first kappa shape index (κ1) is 22.7. The number of nitrogens with zero attached hydrogens (tertiary/aromatic N) is 2. The van der Waals surface area contributed by atoms with Gasteiger partial charge in [0.1, 0.15) is 17.3 Å². The van der Waals surface area contributed by atoms with Crippen LogP contribution in [0, 0.1) is 0 Å². The van der Waals surface area contributed by atoms with Crippen LogP contribution in [0.25, 0.3) is 17.4 Å². The fourth-order valence-corrected chi connectivity index (χ4v) is 4.44. The molecule has 4 rings (SSSR count). The zero-order valence-electron chi connectivity index (χ0n) is 17.7. The van der Waals surface area contributed by atoms with Gasteiger partial charge in [0.15, 0.2) is 5.17 Å². The van der Waals surface area contributed by atoms with Crippen LogP contribution in [0.4, 0.5) is 5.69 Å². The van der Waals surface area contributed by atoms with Gasteiger partial charge in [0.25, 0.3) is 5.91 Å². The van der Waals surface area contributed by atoms with Crippen molar-refractivity contribution in [2.24, 2.45) is 4.99 Å². The van der Waals surface area contributed by atoms with Gasteiger partial charge in [-0.1, -0.05) is 11.6 Å². The number of ether oxygens (including phenoxy) is 1. The Kier molecular flexibility index (Phi) is 6.57. The fraction of sp³-hybridized carbons (Fsp3) is 0.125. The quantitative estimate of drug-likeness (QED) is 0.438. The maximum Gasteiger partial charge on any atom is 0.335 e. The number of hydrogen-bond acceptors (Lipinski definition) is 6. The van der Waals surface area contributed by atoms with Gasteiger partial charge >= 0.3 is 5.97 Å². The van der Waals surface area contributed by atoms with Crippen LogP contribution < -0.4 is 4.74 Å². The molecule has 0 aliphatic carbocycles. The number of amidine groups is 1. The zero-order chi connectivity index (χ0) is 23.5. The number of benzene rings is 2. The highest BCUT2D eigenvalue weighted by Gasteiger charge is 2.32. The number of methoxy groups -OCH3 is 1. The van der Waals surface area contributed by atoms with E-state index in [1.54, 1.807) is 30.2 Å². The molecule has 2 heterocycles. The summed E-state index contributed by atoms with van der Waals surface area (Å²) in [5.74, 6) is 0.352. The molecule has 1 saturated heterocycles. The van der Waals surface area contributed by atoms with Crippen molar-refractivity contribution in [2.45, 2.75) is 6.92 Å². The van der Waals surface area contributed by atoms with E-state index in [0.717, 1.165) is 5.75 Å². The number of aromatic carboxylic acids is 1. The van der Waals surface area contributed by atoms with Gasteiger partial charge < -0.3 is 14.3 Å². The Morgan fingerprint density at radius 1 is 1.21 bits per heavy atom. The van der Waals surface area contributed by atoms with Gasteiger partial charge in [0.2, 0.25) is 0 Å². The molecule has 1 amide bonds. The minimum atomic E-state index is -1.06. The molecule has 1 fully saturated rings. The third kappa shape index (κ3) is 4.81. The summed E-state index contributed by atoms with van der Waals surface area (Å²) in [5.41, 5.74) is 1.27. The Labute approximate surface area is 199 Å². The van der Waals surface area contributed by atoms with Crippen molar-refractivity contribution < 1.29 is 23.8 Å². The molecule has 0 spiro atoms. The number of carbonyl (C=O) groups excluding carboxylic acids is 1. The van der Waals surface area contributed by atoms with Crippen LogP contribution in [-0.2, 0) is 4.79 Å². The average molecular weight is 483 g/mol. The first-order valence-electron chi connectivity index (χ1n) is 9.96. The Morgan fingerprint density at radius 2 is 1.97 bits per heavy atom. The number of aliphatic imine (C=N–C) groups is 1.